The van der Waals surface area contributed by atoms with Gasteiger partial charge in [-0.25, -0.2) is 8.42 Å². The number of ether oxygens (including phenoxy) is 1. The van der Waals surface area contributed by atoms with Crippen LogP contribution in [-0.4, -0.2) is 41.7 Å². The molecule has 1 aromatic heterocycles. The van der Waals surface area contributed by atoms with E-state index in [0.717, 1.165) is 59.6 Å². The minimum absolute atomic E-state index is 0.123. The maximum atomic E-state index is 13.2. The Labute approximate surface area is 199 Å². The van der Waals surface area contributed by atoms with Crippen LogP contribution in [0.2, 0.25) is 0 Å². The number of aromatic nitrogens is 2. The molecule has 1 saturated carbocycles. The number of fused-ring (bicyclic) bond motifs is 1. The lowest BCUT2D eigenvalue weighted by molar-refractivity contribution is -0.120. The van der Waals surface area contributed by atoms with Crippen LogP contribution in [0.25, 0.3) is 11.1 Å². The van der Waals surface area contributed by atoms with Crippen LogP contribution in [-0.2, 0) is 21.1 Å². The van der Waals surface area contributed by atoms with Gasteiger partial charge in [0.25, 0.3) is 0 Å². The van der Waals surface area contributed by atoms with Gasteiger partial charge in [0.1, 0.15) is 11.5 Å². The zero-order valence-corrected chi connectivity index (χ0v) is 19.9. The highest BCUT2D eigenvalue weighted by Gasteiger charge is 2.39. The molecule has 0 spiro atoms. The summed E-state index contributed by atoms with van der Waals surface area (Å²) in [6.07, 6.45) is 7.30. The first kappa shape index (κ1) is 21.4. The van der Waals surface area contributed by atoms with Crippen molar-refractivity contribution >= 4 is 21.4 Å². The fourth-order valence-electron chi connectivity index (χ4n) is 4.98. The van der Waals surface area contributed by atoms with E-state index in [4.69, 9.17) is 4.74 Å². The number of hydrogen-bond donors (Lipinski definition) is 0. The van der Waals surface area contributed by atoms with Gasteiger partial charge >= 0.3 is 0 Å². The molecule has 8 heteroatoms. The summed E-state index contributed by atoms with van der Waals surface area (Å²) in [5, 5.41) is 4.46. The second-order valence-electron chi connectivity index (χ2n) is 9.67. The van der Waals surface area contributed by atoms with Crippen LogP contribution in [0.5, 0.6) is 11.5 Å². The van der Waals surface area contributed by atoms with Gasteiger partial charge in [-0.15, -0.1) is 0 Å². The Kier molecular flexibility index (Phi) is 5.02. The average Bonchev–Trinajstić information content (AvgIpc) is 3.55. The molecule has 34 heavy (non-hydrogen) atoms. The molecule has 0 bridgehead atoms. The highest BCUT2D eigenvalue weighted by molar-refractivity contribution is 7.92. The summed E-state index contributed by atoms with van der Waals surface area (Å²) < 4.78 is 31.5. The lowest BCUT2D eigenvalue weighted by Gasteiger charge is -2.36. The molecule has 0 N–H and O–H groups in total. The first-order valence-electron chi connectivity index (χ1n) is 11.9. The molecule has 1 amide bonds. The molecule has 1 saturated heterocycles. The fourth-order valence-corrected chi connectivity index (χ4v) is 6.36. The van der Waals surface area contributed by atoms with Crippen molar-refractivity contribution in [2.75, 3.05) is 16.4 Å². The fraction of sp³-hybridized carbons (Fsp3) is 0.385. The SMILES string of the molecule is CC1CCc2c(ccc(-c3cnn(C4CS(=O)(=O)C4)c3)c2Oc2ccccc2)N1C(=O)C1CC1. The van der Waals surface area contributed by atoms with Crippen molar-refractivity contribution in [1.82, 2.24) is 9.78 Å². The smallest absolute Gasteiger partial charge is 0.230 e. The standard InChI is InChI=1S/C26H27N3O4S/c1-17-7-10-23-24(29(17)26(30)18-8-9-18)12-11-22(25(23)33-21-5-3-2-4-6-21)19-13-27-28(14-19)20-15-34(31,32)16-20/h2-6,11-14,17-18,20H,7-10,15-16H2,1H3. The number of benzene rings is 2. The van der Waals surface area contributed by atoms with E-state index in [2.05, 4.69) is 12.0 Å². The molecule has 3 heterocycles. The van der Waals surface area contributed by atoms with E-state index in [1.807, 2.05) is 53.6 Å². The Morgan fingerprint density at radius 3 is 2.53 bits per heavy atom. The summed E-state index contributed by atoms with van der Waals surface area (Å²) >= 11 is 0. The lowest BCUT2D eigenvalue weighted by atomic mass is 9.92. The molecule has 3 aliphatic rings. The van der Waals surface area contributed by atoms with Crippen LogP contribution in [0.15, 0.2) is 54.9 Å². The van der Waals surface area contributed by atoms with Crippen molar-refractivity contribution in [3.8, 4) is 22.6 Å². The second-order valence-corrected chi connectivity index (χ2v) is 11.8. The number of sulfone groups is 1. The lowest BCUT2D eigenvalue weighted by Crippen LogP contribution is -2.43. The van der Waals surface area contributed by atoms with Gasteiger partial charge < -0.3 is 9.64 Å². The Bertz CT molecular complexity index is 1350. The van der Waals surface area contributed by atoms with Crippen LogP contribution >= 0.6 is 0 Å². The van der Waals surface area contributed by atoms with Gasteiger partial charge in [-0.05, 0) is 56.9 Å². The van der Waals surface area contributed by atoms with Gasteiger partial charge in [-0.2, -0.15) is 5.10 Å². The normalized spacial score (nSPS) is 21.6. The molecular weight excluding hydrogens is 450 g/mol. The van der Waals surface area contributed by atoms with Crippen LogP contribution in [0, 0.1) is 5.92 Å². The van der Waals surface area contributed by atoms with Crippen molar-refractivity contribution in [2.45, 2.75) is 44.7 Å². The summed E-state index contributed by atoms with van der Waals surface area (Å²) in [5.41, 5.74) is 3.73. The predicted octanol–water partition coefficient (Wildman–Crippen LogP) is 4.39. The van der Waals surface area contributed by atoms with E-state index in [9.17, 15) is 13.2 Å². The molecule has 0 radical (unpaired) electrons. The second kappa shape index (κ2) is 7.98. The Hall–Kier alpha value is -3.13. The third-order valence-corrected chi connectivity index (χ3v) is 8.84. The van der Waals surface area contributed by atoms with Crippen LogP contribution in [0.3, 0.4) is 0 Å². The van der Waals surface area contributed by atoms with Gasteiger partial charge in [0.2, 0.25) is 5.91 Å². The highest BCUT2D eigenvalue weighted by Crippen LogP contribution is 2.46. The van der Waals surface area contributed by atoms with E-state index in [0.29, 0.717) is 0 Å². The molecule has 176 valence electrons. The summed E-state index contributed by atoms with van der Waals surface area (Å²) in [7, 11) is -2.94. The minimum atomic E-state index is -2.94. The van der Waals surface area contributed by atoms with Crippen LogP contribution < -0.4 is 9.64 Å². The number of nitrogens with zero attached hydrogens (tertiary/aromatic N) is 3. The monoisotopic (exact) mass is 477 g/mol. The number of anilines is 1. The highest BCUT2D eigenvalue weighted by atomic mass is 32.2. The maximum Gasteiger partial charge on any atom is 0.230 e. The van der Waals surface area contributed by atoms with Crippen molar-refractivity contribution in [3.63, 3.8) is 0 Å². The first-order valence-corrected chi connectivity index (χ1v) is 13.7. The summed E-state index contributed by atoms with van der Waals surface area (Å²) in [6.45, 7) is 2.12. The van der Waals surface area contributed by atoms with Gasteiger partial charge in [0, 0.05) is 34.8 Å². The molecule has 1 atom stereocenters. The van der Waals surface area contributed by atoms with E-state index >= 15 is 0 Å². The maximum absolute atomic E-state index is 13.2. The van der Waals surface area contributed by atoms with E-state index in [1.54, 1.807) is 10.9 Å². The van der Waals surface area contributed by atoms with Gasteiger partial charge in [0.05, 0.1) is 29.4 Å². The minimum Gasteiger partial charge on any atom is -0.456 e. The Balaban J connectivity index is 1.43. The zero-order chi connectivity index (χ0) is 23.4. The van der Waals surface area contributed by atoms with Crippen LogP contribution in [0.1, 0.15) is 37.8 Å². The molecule has 2 aromatic carbocycles. The average molecular weight is 478 g/mol. The summed E-state index contributed by atoms with van der Waals surface area (Å²) in [6, 6.07) is 13.7. The number of hydrogen-bond acceptors (Lipinski definition) is 5. The van der Waals surface area contributed by atoms with Gasteiger partial charge in [-0.1, -0.05) is 18.2 Å². The summed E-state index contributed by atoms with van der Waals surface area (Å²) in [4.78, 5) is 15.1. The Morgan fingerprint density at radius 2 is 1.82 bits per heavy atom. The molecule has 7 nitrogen and oxygen atoms in total. The third kappa shape index (κ3) is 3.79. The molecule has 6 rings (SSSR count). The molecule has 2 aliphatic heterocycles. The first-order chi connectivity index (χ1) is 16.4. The van der Waals surface area contributed by atoms with Gasteiger partial charge in [0.15, 0.2) is 9.84 Å². The van der Waals surface area contributed by atoms with E-state index in [-0.39, 0.29) is 35.4 Å². The molecule has 3 aromatic rings. The topological polar surface area (TPSA) is 81.5 Å². The van der Waals surface area contributed by atoms with Crippen molar-refractivity contribution in [3.05, 3.63) is 60.4 Å². The number of amides is 1. The molecule has 1 unspecified atom stereocenters. The number of rotatable bonds is 5. The van der Waals surface area contributed by atoms with Crippen LogP contribution in [0.4, 0.5) is 5.69 Å². The van der Waals surface area contributed by atoms with Crippen molar-refractivity contribution < 1.29 is 17.9 Å². The molecule has 2 fully saturated rings. The molecule has 1 aliphatic carbocycles. The number of carbonyl (C=O) groups excluding carboxylic acids is 1. The van der Waals surface area contributed by atoms with Crippen molar-refractivity contribution in [2.24, 2.45) is 5.92 Å². The largest absolute Gasteiger partial charge is 0.456 e. The summed E-state index contributed by atoms with van der Waals surface area (Å²) in [5.74, 6) is 2.08. The van der Waals surface area contributed by atoms with Crippen molar-refractivity contribution in [1.29, 1.82) is 0 Å². The zero-order valence-electron chi connectivity index (χ0n) is 19.1. The number of para-hydroxylation sites is 1. The van der Waals surface area contributed by atoms with E-state index < -0.39 is 9.84 Å². The third-order valence-electron chi connectivity index (χ3n) is 7.05. The quantitative estimate of drug-likeness (QED) is 0.544. The molecular formula is C26H27N3O4S. The van der Waals surface area contributed by atoms with E-state index in [1.165, 1.54) is 0 Å². The predicted molar refractivity (Wildman–Crippen MR) is 130 cm³/mol. The Morgan fingerprint density at radius 1 is 1.06 bits per heavy atom. The number of carbonyl (C=O) groups is 1. The van der Waals surface area contributed by atoms with Gasteiger partial charge in [-0.3, -0.25) is 9.48 Å².